The molecule has 102 valence electrons. The number of hydrogen-bond acceptors (Lipinski definition) is 3. The first-order valence-corrected chi connectivity index (χ1v) is 6.91. The first-order chi connectivity index (χ1) is 8.45. The van der Waals surface area contributed by atoms with Crippen molar-refractivity contribution in [1.29, 1.82) is 0 Å². The third kappa shape index (κ3) is 3.05. The Hall–Kier alpha value is -1.03. The Morgan fingerprint density at radius 2 is 1.94 bits per heavy atom. The number of aryl methyl sites for hydroxylation is 1. The minimum absolute atomic E-state index is 0.338. The van der Waals surface area contributed by atoms with Crippen LogP contribution in [0.3, 0.4) is 0 Å². The van der Waals surface area contributed by atoms with Crippen molar-refractivity contribution in [2.75, 3.05) is 5.32 Å². The minimum atomic E-state index is 0.338. The highest BCUT2D eigenvalue weighted by Crippen LogP contribution is 2.27. The third-order valence-electron chi connectivity index (χ3n) is 3.46. The van der Waals surface area contributed by atoms with E-state index in [-0.39, 0.29) is 0 Å². The van der Waals surface area contributed by atoms with Crippen molar-refractivity contribution in [1.82, 2.24) is 9.78 Å². The Bertz CT molecular complexity index is 390. The summed E-state index contributed by atoms with van der Waals surface area (Å²) in [4.78, 5) is 0. The summed E-state index contributed by atoms with van der Waals surface area (Å²) in [5.41, 5.74) is 2.34. The molecular formula is C14H25N3O. The van der Waals surface area contributed by atoms with E-state index in [0.717, 1.165) is 18.5 Å². The summed E-state index contributed by atoms with van der Waals surface area (Å²) in [6.45, 7) is 8.67. The second-order valence-corrected chi connectivity index (χ2v) is 5.83. The second-order valence-electron chi connectivity index (χ2n) is 5.83. The van der Waals surface area contributed by atoms with Gasteiger partial charge in [-0.3, -0.25) is 4.68 Å². The molecule has 2 rings (SSSR count). The van der Waals surface area contributed by atoms with Gasteiger partial charge in [-0.2, -0.15) is 5.10 Å². The number of aromatic nitrogens is 2. The number of nitrogens with zero attached hydrogens (tertiary/aromatic N) is 2. The molecule has 1 aliphatic rings. The zero-order valence-corrected chi connectivity index (χ0v) is 12.1. The summed E-state index contributed by atoms with van der Waals surface area (Å²) in [6.07, 6.45) is 4.89. The van der Waals surface area contributed by atoms with Crippen molar-refractivity contribution < 1.29 is 4.74 Å². The van der Waals surface area contributed by atoms with Crippen LogP contribution in [0.4, 0.5) is 5.69 Å². The fraction of sp³-hybridized carbons (Fsp3) is 0.786. The Morgan fingerprint density at radius 1 is 1.33 bits per heavy atom. The summed E-state index contributed by atoms with van der Waals surface area (Å²) in [7, 11) is 1.98. The van der Waals surface area contributed by atoms with Gasteiger partial charge in [0.05, 0.1) is 23.6 Å². The number of hydrogen-bond donors (Lipinski definition) is 1. The van der Waals surface area contributed by atoms with Crippen molar-refractivity contribution in [3.05, 3.63) is 11.9 Å². The molecule has 0 amide bonds. The van der Waals surface area contributed by atoms with Crippen LogP contribution < -0.4 is 5.32 Å². The molecule has 2 unspecified atom stereocenters. The summed E-state index contributed by atoms with van der Waals surface area (Å²) in [5.74, 6) is 0.448. The van der Waals surface area contributed by atoms with Crippen LogP contribution in [0.15, 0.2) is 6.20 Å². The fourth-order valence-corrected chi connectivity index (χ4v) is 2.79. The van der Waals surface area contributed by atoms with Crippen molar-refractivity contribution in [3.63, 3.8) is 0 Å². The van der Waals surface area contributed by atoms with E-state index >= 15 is 0 Å². The maximum atomic E-state index is 5.78. The van der Waals surface area contributed by atoms with E-state index in [0.29, 0.717) is 24.2 Å². The summed E-state index contributed by atoms with van der Waals surface area (Å²) >= 11 is 0. The number of rotatable bonds is 3. The maximum Gasteiger partial charge on any atom is 0.0881 e. The van der Waals surface area contributed by atoms with Crippen LogP contribution in [-0.4, -0.2) is 28.0 Å². The molecule has 0 aromatic carbocycles. The van der Waals surface area contributed by atoms with Gasteiger partial charge in [-0.1, -0.05) is 13.8 Å². The summed E-state index contributed by atoms with van der Waals surface area (Å²) in [6, 6.07) is 0.491. The zero-order valence-electron chi connectivity index (χ0n) is 12.1. The van der Waals surface area contributed by atoms with Gasteiger partial charge in [-0.05, 0) is 32.6 Å². The molecule has 2 heterocycles. The molecule has 0 saturated carbocycles. The zero-order chi connectivity index (χ0) is 13.3. The van der Waals surface area contributed by atoms with Crippen LogP contribution in [0, 0.1) is 0 Å². The van der Waals surface area contributed by atoms with Gasteiger partial charge in [0.1, 0.15) is 0 Å². The molecule has 1 saturated heterocycles. The normalized spacial score (nSPS) is 28.7. The van der Waals surface area contributed by atoms with Crippen LogP contribution in [0.1, 0.15) is 52.1 Å². The molecule has 0 radical (unpaired) electrons. The Balaban J connectivity index is 2.08. The van der Waals surface area contributed by atoms with E-state index in [1.807, 2.05) is 11.7 Å². The van der Waals surface area contributed by atoms with E-state index in [4.69, 9.17) is 4.74 Å². The molecule has 0 bridgehead atoms. The first kappa shape index (κ1) is 13.4. The van der Waals surface area contributed by atoms with Crippen LogP contribution >= 0.6 is 0 Å². The van der Waals surface area contributed by atoms with Crippen LogP contribution in [0.2, 0.25) is 0 Å². The second kappa shape index (κ2) is 5.31. The molecule has 1 N–H and O–H groups in total. The lowest BCUT2D eigenvalue weighted by atomic mass is 9.99. The lowest BCUT2D eigenvalue weighted by Crippen LogP contribution is -2.37. The molecule has 4 heteroatoms. The summed E-state index contributed by atoms with van der Waals surface area (Å²) in [5, 5.41) is 8.19. The van der Waals surface area contributed by atoms with Crippen molar-refractivity contribution >= 4 is 5.69 Å². The van der Waals surface area contributed by atoms with E-state index in [1.54, 1.807) is 0 Å². The SMILES string of the molecule is CC1CC(Nc2cn(C)nc2C(C)C)CC(C)O1. The topological polar surface area (TPSA) is 39.1 Å². The predicted octanol–water partition coefficient (Wildman–Crippen LogP) is 2.91. The minimum Gasteiger partial charge on any atom is -0.379 e. The van der Waals surface area contributed by atoms with Gasteiger partial charge in [-0.25, -0.2) is 0 Å². The molecule has 1 aromatic heterocycles. The quantitative estimate of drug-likeness (QED) is 0.897. The van der Waals surface area contributed by atoms with E-state index < -0.39 is 0 Å². The first-order valence-electron chi connectivity index (χ1n) is 6.91. The Kier molecular flexibility index (Phi) is 3.95. The average Bonchev–Trinajstić information content (AvgIpc) is 2.57. The Labute approximate surface area is 110 Å². The van der Waals surface area contributed by atoms with Crippen molar-refractivity contribution in [3.8, 4) is 0 Å². The molecule has 18 heavy (non-hydrogen) atoms. The molecule has 1 fully saturated rings. The van der Waals surface area contributed by atoms with Gasteiger partial charge in [0.15, 0.2) is 0 Å². The van der Waals surface area contributed by atoms with Crippen molar-refractivity contribution in [2.45, 2.75) is 64.7 Å². The third-order valence-corrected chi connectivity index (χ3v) is 3.46. The highest BCUT2D eigenvalue weighted by atomic mass is 16.5. The highest BCUT2D eigenvalue weighted by Gasteiger charge is 2.25. The van der Waals surface area contributed by atoms with Gasteiger partial charge in [0.2, 0.25) is 0 Å². The van der Waals surface area contributed by atoms with Gasteiger partial charge >= 0.3 is 0 Å². The molecule has 0 aliphatic carbocycles. The summed E-state index contributed by atoms with van der Waals surface area (Å²) < 4.78 is 7.67. The van der Waals surface area contributed by atoms with E-state index in [1.165, 1.54) is 5.69 Å². The van der Waals surface area contributed by atoms with Gasteiger partial charge in [0.25, 0.3) is 0 Å². The fourth-order valence-electron chi connectivity index (χ4n) is 2.79. The maximum absolute atomic E-state index is 5.78. The van der Waals surface area contributed by atoms with Crippen LogP contribution in [-0.2, 0) is 11.8 Å². The predicted molar refractivity (Wildman–Crippen MR) is 74.0 cm³/mol. The number of ether oxygens (including phenoxy) is 1. The molecule has 4 nitrogen and oxygen atoms in total. The number of anilines is 1. The molecule has 1 aromatic rings. The largest absolute Gasteiger partial charge is 0.379 e. The van der Waals surface area contributed by atoms with E-state index in [2.05, 4.69) is 44.3 Å². The van der Waals surface area contributed by atoms with Crippen LogP contribution in [0.5, 0.6) is 0 Å². The van der Waals surface area contributed by atoms with Crippen molar-refractivity contribution in [2.24, 2.45) is 7.05 Å². The molecule has 1 aliphatic heterocycles. The Morgan fingerprint density at radius 3 is 2.50 bits per heavy atom. The smallest absolute Gasteiger partial charge is 0.0881 e. The number of nitrogens with one attached hydrogen (secondary N) is 1. The monoisotopic (exact) mass is 251 g/mol. The standard InChI is InChI=1S/C14H25N3O/c1-9(2)14-13(8-17(5)16-14)15-12-6-10(3)18-11(4)7-12/h8-12,15H,6-7H2,1-5H3. The lowest BCUT2D eigenvalue weighted by molar-refractivity contribution is -0.0337. The molecule has 0 spiro atoms. The van der Waals surface area contributed by atoms with Gasteiger partial charge in [-0.15, -0.1) is 0 Å². The lowest BCUT2D eigenvalue weighted by Gasteiger charge is -2.33. The van der Waals surface area contributed by atoms with E-state index in [9.17, 15) is 0 Å². The van der Waals surface area contributed by atoms with Crippen LogP contribution in [0.25, 0.3) is 0 Å². The molecule has 2 atom stereocenters. The van der Waals surface area contributed by atoms with Gasteiger partial charge in [0, 0.05) is 19.3 Å². The van der Waals surface area contributed by atoms with Gasteiger partial charge < -0.3 is 10.1 Å². The molecular weight excluding hydrogens is 226 g/mol. The highest BCUT2D eigenvalue weighted by molar-refractivity contribution is 5.48. The average molecular weight is 251 g/mol.